The van der Waals surface area contributed by atoms with Gasteiger partial charge >= 0.3 is 0 Å². The Labute approximate surface area is 397 Å². The number of rotatable bonds is 12. The number of H-pyrrole nitrogens is 1. The number of nitrogens with zero attached hydrogens (tertiary/aromatic N) is 4. The topological polar surface area (TPSA) is 204 Å². The van der Waals surface area contributed by atoms with E-state index in [1.807, 2.05) is 19.1 Å². The largest absolute Gasteiger partial charge is 0.489 e. The summed E-state index contributed by atoms with van der Waals surface area (Å²) < 4.78 is 42.8. The maximum absolute atomic E-state index is 14.2. The molecule has 2 saturated carbocycles. The van der Waals surface area contributed by atoms with E-state index < -0.39 is 37.0 Å². The normalized spacial score (nSPS) is 24.0. The zero-order chi connectivity index (χ0) is 47.5. The quantitative estimate of drug-likeness (QED) is 0.0585. The van der Waals surface area contributed by atoms with E-state index in [4.69, 9.17) is 9.47 Å². The average Bonchev–Trinajstić information content (AvgIpc) is 3.99. The summed E-state index contributed by atoms with van der Waals surface area (Å²) in [5, 5.41) is 30.0. The van der Waals surface area contributed by atoms with Crippen LogP contribution < -0.4 is 29.7 Å². The van der Waals surface area contributed by atoms with Crippen molar-refractivity contribution in [1.82, 2.24) is 19.6 Å². The molecule has 3 aliphatic heterocycles. The van der Waals surface area contributed by atoms with Crippen molar-refractivity contribution in [2.24, 2.45) is 11.3 Å². The molecule has 0 unspecified atom stereocenters. The van der Waals surface area contributed by atoms with Gasteiger partial charge in [0.15, 0.2) is 23.0 Å². The summed E-state index contributed by atoms with van der Waals surface area (Å²) in [6, 6.07) is 20.7. The molecule has 1 spiro atoms. The van der Waals surface area contributed by atoms with Crippen molar-refractivity contribution in [3.63, 3.8) is 0 Å². The first-order valence-electron chi connectivity index (χ1n) is 24.2. The third-order valence-electron chi connectivity index (χ3n) is 15.6. The maximum Gasteiger partial charge on any atom is 0.297 e. The highest BCUT2D eigenvalue weighted by Gasteiger charge is 2.50. The van der Waals surface area contributed by atoms with Crippen LogP contribution in [-0.4, -0.2) is 90.2 Å². The van der Waals surface area contributed by atoms with Crippen molar-refractivity contribution < 1.29 is 32.7 Å². The number of nitro groups is 1. The van der Waals surface area contributed by atoms with Gasteiger partial charge in [0.1, 0.15) is 18.0 Å². The molecule has 5 N–H and O–H groups in total. The molecule has 4 fully saturated rings. The molecule has 2 saturated heterocycles. The summed E-state index contributed by atoms with van der Waals surface area (Å²) in [6.45, 7) is 9.32. The van der Waals surface area contributed by atoms with Crippen molar-refractivity contribution in [2.45, 2.75) is 120 Å². The van der Waals surface area contributed by atoms with E-state index >= 15 is 0 Å². The van der Waals surface area contributed by atoms with Gasteiger partial charge in [0.05, 0.1) is 27.0 Å². The lowest BCUT2D eigenvalue weighted by Gasteiger charge is -2.56. The van der Waals surface area contributed by atoms with Gasteiger partial charge in [0.25, 0.3) is 21.6 Å². The van der Waals surface area contributed by atoms with Crippen LogP contribution in [0.1, 0.15) is 118 Å². The Bertz CT molecular complexity index is 2840. The summed E-state index contributed by atoms with van der Waals surface area (Å²) in [6.07, 6.45) is 11.3. The van der Waals surface area contributed by atoms with Gasteiger partial charge in [-0.2, -0.15) is 0 Å². The lowest BCUT2D eigenvalue weighted by molar-refractivity contribution is -0.384. The Morgan fingerprint density at radius 1 is 1.00 bits per heavy atom. The molecule has 5 heterocycles. The Kier molecular flexibility index (Phi) is 12.1. The van der Waals surface area contributed by atoms with E-state index in [9.17, 15) is 28.4 Å². The van der Waals surface area contributed by atoms with Crippen molar-refractivity contribution >= 4 is 49.8 Å². The van der Waals surface area contributed by atoms with Crippen LogP contribution in [0, 0.1) is 21.4 Å². The molecule has 3 aromatic carbocycles. The van der Waals surface area contributed by atoms with E-state index in [2.05, 4.69) is 73.2 Å². The number of aromatic nitrogens is 2. The highest BCUT2D eigenvalue weighted by molar-refractivity contribution is 7.90. The van der Waals surface area contributed by atoms with Gasteiger partial charge in [-0.25, -0.2) is 18.1 Å². The number of fused-ring (bicyclic) bond motifs is 2. The number of anilines is 3. The van der Waals surface area contributed by atoms with Gasteiger partial charge in [-0.1, -0.05) is 38.1 Å². The molecule has 0 radical (unpaired) electrons. The SMILES string of the molecule is CNc1nc2[nH]ccc2cc1Oc1cc(N2CCC3(CC2)CC(N2CCC[C@@H]2c2ccccc2C(C)C)C3)ccc1C(=O)NS(=O)(=O)c1cc2c(c([N+](=O)[O-])c1)N[C@@H]([C@H]1CC[C@](C)(O)CC1)CO2. The first kappa shape index (κ1) is 45.9. The number of amides is 1. The first-order chi connectivity index (χ1) is 32.6. The van der Waals surface area contributed by atoms with Gasteiger partial charge in [-0.3, -0.25) is 19.8 Å². The number of hydrogen-bond donors (Lipinski definition) is 5. The molecule has 2 atom stereocenters. The number of aromatic amines is 1. The number of ether oxygens (including phenoxy) is 2. The Morgan fingerprint density at radius 2 is 1.76 bits per heavy atom. The molecule has 16 nitrogen and oxygen atoms in total. The van der Waals surface area contributed by atoms with Gasteiger partial charge in [-0.05, 0) is 130 Å². The molecular formula is C51H62N8O8S. The molecule has 10 rings (SSSR count). The summed E-state index contributed by atoms with van der Waals surface area (Å²) in [5.74, 6) is 0.468. The zero-order valence-electron chi connectivity index (χ0n) is 39.2. The van der Waals surface area contributed by atoms with E-state index in [0.29, 0.717) is 60.9 Å². The fourth-order valence-corrected chi connectivity index (χ4v) is 12.7. The minimum atomic E-state index is -4.68. The fourth-order valence-electron chi connectivity index (χ4n) is 11.7. The number of nitro benzene ring substituents is 1. The van der Waals surface area contributed by atoms with E-state index in [-0.39, 0.29) is 46.7 Å². The van der Waals surface area contributed by atoms with Crippen LogP contribution in [0.3, 0.4) is 0 Å². The summed E-state index contributed by atoms with van der Waals surface area (Å²) in [4.78, 5) is 38.4. The molecular weight excluding hydrogens is 885 g/mol. The predicted molar refractivity (Wildman–Crippen MR) is 262 cm³/mol. The van der Waals surface area contributed by atoms with Gasteiger partial charge in [0.2, 0.25) is 0 Å². The minimum Gasteiger partial charge on any atom is -0.489 e. The number of nitrogens with one attached hydrogen (secondary N) is 4. The number of likely N-dealkylation sites (tertiary alicyclic amines) is 1. The Morgan fingerprint density at radius 3 is 2.50 bits per heavy atom. The van der Waals surface area contributed by atoms with E-state index in [1.54, 1.807) is 31.4 Å². The smallest absolute Gasteiger partial charge is 0.297 e. The molecule has 5 aromatic rings. The van der Waals surface area contributed by atoms with Crippen LogP contribution in [0.2, 0.25) is 0 Å². The molecule has 68 heavy (non-hydrogen) atoms. The number of hydrogen-bond acceptors (Lipinski definition) is 13. The van der Waals surface area contributed by atoms with Crippen molar-refractivity contribution in [1.29, 1.82) is 0 Å². The van der Waals surface area contributed by atoms with E-state index in [0.717, 1.165) is 49.6 Å². The van der Waals surface area contributed by atoms with Gasteiger partial charge in [0, 0.05) is 67.7 Å². The molecule has 1 amide bonds. The molecule has 360 valence electrons. The van der Waals surface area contributed by atoms with Crippen LogP contribution in [0.4, 0.5) is 22.9 Å². The van der Waals surface area contributed by atoms with Crippen LogP contribution in [0.15, 0.2) is 77.8 Å². The second-order valence-electron chi connectivity index (χ2n) is 20.4. The van der Waals surface area contributed by atoms with Crippen LogP contribution in [0.5, 0.6) is 17.2 Å². The first-order valence-corrected chi connectivity index (χ1v) is 25.7. The second kappa shape index (κ2) is 17.9. The molecule has 5 aliphatic rings. The maximum atomic E-state index is 14.2. The van der Waals surface area contributed by atoms with Crippen molar-refractivity contribution in [3.8, 4) is 17.2 Å². The number of piperidine rings is 1. The van der Waals surface area contributed by atoms with Gasteiger partial charge in [-0.15, -0.1) is 0 Å². The van der Waals surface area contributed by atoms with E-state index in [1.165, 1.54) is 42.9 Å². The standard InChI is InChI=1S/C51H62N8O8S/c1-31(2)37-8-5-6-9-38(37)41-10-7-21-58(41)35-28-51(29-35)18-22-57(23-19-51)34-11-12-39(43(25-34)67-45-24-33-15-20-53-47(33)55-48(45)52-4)49(60)56-68(64,65)36-26-42(59(62)63)46-44(27-36)66-30-40(54-46)32-13-16-50(3,61)17-14-32/h5-6,8-9,11-12,15,20,24-27,31-32,35,40-41,54,61H,7,10,13-14,16-19,21-23,28-30H2,1-4H3,(H,56,60)(H2,52,53,55)/t32-,40-,41-,50-/m1/s1. The summed E-state index contributed by atoms with van der Waals surface area (Å²) in [5.41, 5.74) is 3.49. The number of aliphatic hydroxyl groups is 1. The summed E-state index contributed by atoms with van der Waals surface area (Å²) >= 11 is 0. The second-order valence-corrected chi connectivity index (χ2v) is 22.1. The number of sulfonamides is 1. The lowest BCUT2D eigenvalue weighted by atomic mass is 9.59. The monoisotopic (exact) mass is 946 g/mol. The Balaban J connectivity index is 0.875. The number of carbonyl (C=O) groups is 1. The zero-order valence-corrected chi connectivity index (χ0v) is 40.0. The summed E-state index contributed by atoms with van der Waals surface area (Å²) in [7, 11) is -2.97. The third kappa shape index (κ3) is 8.84. The van der Waals surface area contributed by atoms with Crippen LogP contribution in [-0.2, 0) is 10.0 Å². The number of pyridine rings is 1. The van der Waals surface area contributed by atoms with Gasteiger partial charge < -0.3 is 35.1 Å². The highest BCUT2D eigenvalue weighted by Crippen LogP contribution is 2.54. The van der Waals surface area contributed by atoms with Crippen LogP contribution >= 0.6 is 0 Å². The highest BCUT2D eigenvalue weighted by atomic mass is 32.2. The predicted octanol–water partition coefficient (Wildman–Crippen LogP) is 9.25. The molecule has 0 bridgehead atoms. The number of benzene rings is 3. The van der Waals surface area contributed by atoms with Crippen molar-refractivity contribution in [2.75, 3.05) is 48.8 Å². The molecule has 2 aromatic heterocycles. The fraction of sp³-hybridized carbons (Fsp3) is 0.490. The minimum absolute atomic E-state index is 0.0000788. The number of carbonyl (C=O) groups excluding carboxylic acids is 1. The van der Waals surface area contributed by atoms with Crippen LogP contribution in [0.25, 0.3) is 11.0 Å². The Hall–Kier alpha value is -5.91. The average molecular weight is 947 g/mol. The lowest BCUT2D eigenvalue weighted by Crippen LogP contribution is -2.54. The van der Waals surface area contributed by atoms with Crippen molar-refractivity contribution in [3.05, 3.63) is 99.7 Å². The molecule has 17 heteroatoms. The molecule has 2 aliphatic carbocycles. The third-order valence-corrected chi connectivity index (χ3v) is 17.0.